The summed E-state index contributed by atoms with van der Waals surface area (Å²) >= 11 is 1.37. The normalized spacial score (nSPS) is 36.8. The van der Waals surface area contributed by atoms with Gasteiger partial charge in [-0.3, -0.25) is 9.59 Å². The zero-order valence-corrected chi connectivity index (χ0v) is 23.6. The zero-order chi connectivity index (χ0) is 26.8. The topological polar surface area (TPSA) is 109 Å². The van der Waals surface area contributed by atoms with Gasteiger partial charge >= 0.3 is 5.97 Å². The summed E-state index contributed by atoms with van der Waals surface area (Å²) in [5, 5.41) is 22.7. The average molecular weight is 522 g/mol. The molecule has 3 heterocycles. The third-order valence-electron chi connectivity index (χ3n) is 8.59. The second kappa shape index (κ2) is 11.4. The van der Waals surface area contributed by atoms with E-state index in [1.165, 1.54) is 11.3 Å². The minimum absolute atomic E-state index is 0.0235. The largest absolute Gasteiger partial charge is 0.458 e. The fourth-order valence-electron chi connectivity index (χ4n) is 5.26. The lowest BCUT2D eigenvalue weighted by molar-refractivity contribution is -0.154. The van der Waals surface area contributed by atoms with Crippen LogP contribution in [-0.4, -0.2) is 50.9 Å². The van der Waals surface area contributed by atoms with Crippen LogP contribution in [0.15, 0.2) is 11.0 Å². The number of fused-ring (bicyclic) bond motifs is 1. The summed E-state index contributed by atoms with van der Waals surface area (Å²) in [4.78, 5) is 30.7. The molecule has 2 fully saturated rings. The summed E-state index contributed by atoms with van der Waals surface area (Å²) in [5.74, 6) is -0.271. The van der Waals surface area contributed by atoms with Crippen LogP contribution in [0.1, 0.15) is 91.3 Å². The highest BCUT2D eigenvalue weighted by molar-refractivity contribution is 7.09. The van der Waals surface area contributed by atoms with Crippen LogP contribution < -0.4 is 0 Å². The Balaban J connectivity index is 1.85. The summed E-state index contributed by atoms with van der Waals surface area (Å²) < 4.78 is 12.0. The van der Waals surface area contributed by atoms with Crippen molar-refractivity contribution in [3.05, 3.63) is 21.7 Å². The van der Waals surface area contributed by atoms with Crippen molar-refractivity contribution < 1.29 is 29.3 Å². The van der Waals surface area contributed by atoms with Crippen molar-refractivity contribution in [3.8, 4) is 0 Å². The lowest BCUT2D eigenvalue weighted by atomic mass is 9.70. The smallest absolute Gasteiger partial charge is 0.309 e. The third-order valence-corrected chi connectivity index (χ3v) is 9.44. The van der Waals surface area contributed by atoms with E-state index >= 15 is 0 Å². The molecule has 2 N–H and O–H groups in total. The number of cyclic esters (lactones) is 1. The van der Waals surface area contributed by atoms with Gasteiger partial charge in [0.25, 0.3) is 0 Å². The molecule has 7 unspecified atom stereocenters. The number of nitrogens with zero attached hydrogens (tertiary/aromatic N) is 1. The molecule has 0 spiro atoms. The van der Waals surface area contributed by atoms with Crippen LogP contribution >= 0.6 is 11.3 Å². The maximum absolute atomic E-state index is 13.4. The van der Waals surface area contributed by atoms with Crippen LogP contribution in [0.3, 0.4) is 0 Å². The summed E-state index contributed by atoms with van der Waals surface area (Å²) in [6.45, 7) is 13.6. The molecule has 0 radical (unpaired) electrons. The standard InChI is InChI=1S/C28H43NO6S/c1-16-9-8-10-28(7)23(35-28)12-21(17(2)11-20-15-36-24(14-30)29-20)34-25(32)13-22(31)27(5,6)26(33)19(4)18(16)3/h11,15-16,18-19,21-23,30-31H,8-10,12-14H2,1-7H3/b17-11+. The molecule has 1 aromatic rings. The Bertz CT molecular complexity index is 971. The third kappa shape index (κ3) is 6.63. The molecule has 1 aromatic heterocycles. The van der Waals surface area contributed by atoms with Gasteiger partial charge in [0.15, 0.2) is 0 Å². The Morgan fingerprint density at radius 1 is 1.25 bits per heavy atom. The van der Waals surface area contributed by atoms with Crippen LogP contribution in [0.2, 0.25) is 0 Å². The molecule has 2 aliphatic heterocycles. The highest BCUT2D eigenvalue weighted by Crippen LogP contribution is 2.45. The number of ether oxygens (including phenoxy) is 2. The van der Waals surface area contributed by atoms with Gasteiger partial charge < -0.3 is 19.7 Å². The van der Waals surface area contributed by atoms with E-state index in [0.29, 0.717) is 23.0 Å². The molecule has 36 heavy (non-hydrogen) atoms. The van der Waals surface area contributed by atoms with Crippen LogP contribution in [-0.2, 0) is 25.7 Å². The number of hydrogen-bond donors (Lipinski definition) is 2. The molecule has 7 atom stereocenters. The van der Waals surface area contributed by atoms with Crippen LogP contribution in [0.25, 0.3) is 6.08 Å². The first-order valence-electron chi connectivity index (χ1n) is 13.1. The van der Waals surface area contributed by atoms with Crippen molar-refractivity contribution in [1.82, 2.24) is 4.98 Å². The Morgan fingerprint density at radius 2 is 1.94 bits per heavy atom. The number of aromatic nitrogens is 1. The van der Waals surface area contributed by atoms with E-state index in [4.69, 9.17) is 9.47 Å². The second-order valence-electron chi connectivity index (χ2n) is 11.7. The monoisotopic (exact) mass is 521 g/mol. The number of carbonyl (C=O) groups excluding carboxylic acids is 2. The van der Waals surface area contributed by atoms with Gasteiger partial charge in [0.1, 0.15) is 16.9 Å². The molecular formula is C28H43NO6S. The number of esters is 1. The predicted molar refractivity (Wildman–Crippen MR) is 140 cm³/mol. The Kier molecular flexibility index (Phi) is 9.18. The predicted octanol–water partition coefficient (Wildman–Crippen LogP) is 4.94. The van der Waals surface area contributed by atoms with Gasteiger partial charge in [0.2, 0.25) is 0 Å². The maximum atomic E-state index is 13.4. The average Bonchev–Trinajstić information content (AvgIpc) is 3.23. The van der Waals surface area contributed by atoms with Crippen LogP contribution in [0.4, 0.5) is 0 Å². The van der Waals surface area contributed by atoms with E-state index in [0.717, 1.165) is 24.8 Å². The molecule has 0 aliphatic carbocycles. The van der Waals surface area contributed by atoms with Gasteiger partial charge in [0.05, 0.1) is 41.9 Å². The lowest BCUT2D eigenvalue weighted by Gasteiger charge is -2.35. The molecule has 0 saturated carbocycles. The van der Waals surface area contributed by atoms with Gasteiger partial charge in [-0.2, -0.15) is 0 Å². The first-order chi connectivity index (χ1) is 16.8. The molecule has 7 nitrogen and oxygen atoms in total. The molecule has 8 heteroatoms. The summed E-state index contributed by atoms with van der Waals surface area (Å²) in [6, 6.07) is 0. The number of epoxide rings is 1. The Morgan fingerprint density at radius 3 is 2.58 bits per heavy atom. The van der Waals surface area contributed by atoms with Crippen molar-refractivity contribution in [2.75, 3.05) is 0 Å². The first-order valence-corrected chi connectivity index (χ1v) is 14.0. The van der Waals surface area contributed by atoms with E-state index in [2.05, 4.69) is 25.8 Å². The summed E-state index contributed by atoms with van der Waals surface area (Å²) in [7, 11) is 0. The fourth-order valence-corrected chi connectivity index (χ4v) is 5.87. The summed E-state index contributed by atoms with van der Waals surface area (Å²) in [6.07, 6.45) is 3.32. The van der Waals surface area contributed by atoms with Gasteiger partial charge in [0, 0.05) is 17.7 Å². The summed E-state index contributed by atoms with van der Waals surface area (Å²) in [5.41, 5.74) is 0.202. The Labute approximate surface area is 219 Å². The van der Waals surface area contributed by atoms with Gasteiger partial charge in [-0.25, -0.2) is 4.98 Å². The van der Waals surface area contributed by atoms with E-state index in [1.807, 2.05) is 25.3 Å². The number of rotatable bonds is 3. The highest BCUT2D eigenvalue weighted by atomic mass is 32.1. The maximum Gasteiger partial charge on any atom is 0.309 e. The molecule has 0 bridgehead atoms. The van der Waals surface area contributed by atoms with Crippen molar-refractivity contribution in [2.45, 2.75) is 111 Å². The van der Waals surface area contributed by atoms with Crippen molar-refractivity contribution in [2.24, 2.45) is 23.2 Å². The van der Waals surface area contributed by atoms with E-state index in [9.17, 15) is 19.8 Å². The minimum atomic E-state index is -1.15. The number of carbonyl (C=O) groups is 2. The minimum Gasteiger partial charge on any atom is -0.458 e. The van der Waals surface area contributed by atoms with Crippen molar-refractivity contribution >= 4 is 29.2 Å². The van der Waals surface area contributed by atoms with Gasteiger partial charge in [-0.1, -0.05) is 47.5 Å². The molecule has 2 saturated heterocycles. The number of aliphatic hydroxyl groups excluding tert-OH is 2. The molecular weight excluding hydrogens is 478 g/mol. The van der Waals surface area contributed by atoms with E-state index < -0.39 is 23.6 Å². The number of aliphatic hydroxyl groups is 2. The van der Waals surface area contributed by atoms with Gasteiger partial charge in [-0.05, 0) is 43.8 Å². The Hall–Kier alpha value is -1.61. The molecule has 2 aliphatic rings. The zero-order valence-electron chi connectivity index (χ0n) is 22.7. The lowest BCUT2D eigenvalue weighted by Crippen LogP contribution is -2.44. The van der Waals surface area contributed by atoms with Crippen LogP contribution in [0.5, 0.6) is 0 Å². The molecule has 3 rings (SSSR count). The quantitative estimate of drug-likeness (QED) is 0.428. The first kappa shape index (κ1) is 29.0. The second-order valence-corrected chi connectivity index (χ2v) is 12.6. The number of thiazole rings is 1. The van der Waals surface area contributed by atoms with E-state index in [1.54, 1.807) is 13.8 Å². The van der Waals surface area contributed by atoms with Crippen molar-refractivity contribution in [3.63, 3.8) is 0 Å². The molecule has 0 amide bonds. The van der Waals surface area contributed by atoms with E-state index in [-0.39, 0.29) is 42.4 Å². The number of hydrogen-bond acceptors (Lipinski definition) is 8. The van der Waals surface area contributed by atoms with Crippen LogP contribution in [0, 0.1) is 23.2 Å². The SMILES string of the molecule is C/C(=C\c1csc(CO)n1)C1CC2OC2(C)CCCC(C)C(C)C(C)C(=O)C(C)(C)C(O)CC(=O)O1. The number of ketones is 1. The van der Waals surface area contributed by atoms with Crippen molar-refractivity contribution in [1.29, 1.82) is 0 Å². The van der Waals surface area contributed by atoms with Gasteiger partial charge in [-0.15, -0.1) is 11.3 Å². The highest BCUT2D eigenvalue weighted by Gasteiger charge is 2.53. The molecule has 202 valence electrons. The number of Topliss-reactive ketones (excluding diaryl/α,β-unsaturated/α-hetero) is 1. The molecule has 0 aromatic carbocycles. The fraction of sp³-hybridized carbons (Fsp3) is 0.750.